The minimum Gasteiger partial charge on any atom is -0.433 e. The fraction of sp³-hybridized carbons (Fsp3) is 0.458. The Morgan fingerprint density at radius 2 is 1.62 bits per heavy atom. The third-order valence-corrected chi connectivity index (χ3v) is 10.3. The zero-order chi connectivity index (χ0) is 29.4. The van der Waals surface area contributed by atoms with Crippen molar-refractivity contribution >= 4 is 25.6 Å². The van der Waals surface area contributed by atoms with E-state index in [0.717, 1.165) is 42.7 Å². The molecule has 1 fully saturated rings. The van der Waals surface area contributed by atoms with Crippen LogP contribution in [0.3, 0.4) is 0 Å². The fourth-order valence-corrected chi connectivity index (χ4v) is 7.08. The van der Waals surface area contributed by atoms with E-state index in [0.29, 0.717) is 0 Å². The quantitative estimate of drug-likeness (QED) is 0.405. The van der Waals surface area contributed by atoms with E-state index in [2.05, 4.69) is 9.47 Å². The summed E-state index contributed by atoms with van der Waals surface area (Å²) < 4.78 is 121. The molecule has 1 amide bonds. The summed E-state index contributed by atoms with van der Waals surface area (Å²) in [5.41, 5.74) is -0.0798. The van der Waals surface area contributed by atoms with Crippen LogP contribution in [0.15, 0.2) is 52.3 Å². The molecule has 8 nitrogen and oxygen atoms in total. The Morgan fingerprint density at radius 3 is 2.15 bits per heavy atom. The van der Waals surface area contributed by atoms with Crippen LogP contribution in [0.1, 0.15) is 37.0 Å². The molecule has 39 heavy (non-hydrogen) atoms. The predicted molar refractivity (Wildman–Crippen MR) is 129 cm³/mol. The molecule has 0 unspecified atom stereocenters. The van der Waals surface area contributed by atoms with Gasteiger partial charge in [-0.1, -0.05) is 6.07 Å². The van der Waals surface area contributed by atoms with Crippen LogP contribution in [-0.4, -0.2) is 64.7 Å². The van der Waals surface area contributed by atoms with Crippen molar-refractivity contribution < 1.29 is 53.1 Å². The summed E-state index contributed by atoms with van der Waals surface area (Å²) in [7, 11) is -8.15. The number of hydrogen-bond donors (Lipinski definition) is 0. The molecule has 2 aromatic rings. The lowest BCUT2D eigenvalue weighted by Crippen LogP contribution is -2.47. The first-order chi connectivity index (χ1) is 17.8. The maximum atomic E-state index is 13.4. The van der Waals surface area contributed by atoms with Crippen molar-refractivity contribution in [2.75, 3.05) is 19.3 Å². The Kier molecular flexibility index (Phi) is 8.56. The van der Waals surface area contributed by atoms with Gasteiger partial charge in [0.2, 0.25) is 0 Å². The largest absolute Gasteiger partial charge is 0.573 e. The molecule has 0 N–H and O–H groups in total. The number of sulfone groups is 2. The zero-order valence-electron chi connectivity index (χ0n) is 21.0. The number of carbonyl (C=O) groups is 1. The lowest BCUT2D eigenvalue weighted by molar-refractivity contribution is -0.274. The molecule has 15 heteroatoms. The van der Waals surface area contributed by atoms with E-state index < -0.39 is 65.6 Å². The van der Waals surface area contributed by atoms with E-state index in [4.69, 9.17) is 0 Å². The van der Waals surface area contributed by atoms with E-state index >= 15 is 0 Å². The Labute approximate surface area is 222 Å². The maximum absolute atomic E-state index is 13.4. The number of benzene rings is 2. The molecule has 0 atom stereocenters. The van der Waals surface area contributed by atoms with Crippen LogP contribution in [0.25, 0.3) is 0 Å². The summed E-state index contributed by atoms with van der Waals surface area (Å²) in [6.07, 6.45) is -3.76. The summed E-state index contributed by atoms with van der Waals surface area (Å²) in [5, 5.41) is 0. The standard InChI is InChI=1S/C24H26F5NO7S2/c1-23(2,39(34,35)18-6-4-5-17(14-18)37-24(27,28)29)16-9-11-30(12-10-16)21(31)15-7-8-19(36-22(25)26)20(13-15)38(3,32)33/h4-8,13-14,16,22H,9-12H2,1-3H3. The molecular formula is C24H26F5NO7S2. The third kappa shape index (κ3) is 6.99. The van der Waals surface area contributed by atoms with Crippen LogP contribution in [0.2, 0.25) is 0 Å². The van der Waals surface area contributed by atoms with Crippen molar-refractivity contribution in [1.29, 1.82) is 0 Å². The summed E-state index contributed by atoms with van der Waals surface area (Å²) in [6, 6.07) is 7.20. The van der Waals surface area contributed by atoms with E-state index in [9.17, 15) is 43.6 Å². The lowest BCUT2D eigenvalue weighted by atomic mass is 9.85. The topological polar surface area (TPSA) is 107 Å². The lowest BCUT2D eigenvalue weighted by Gasteiger charge is -2.40. The first kappa shape index (κ1) is 30.6. The van der Waals surface area contributed by atoms with Gasteiger partial charge in [0.1, 0.15) is 16.4 Å². The van der Waals surface area contributed by atoms with Gasteiger partial charge in [0, 0.05) is 24.9 Å². The second-order valence-corrected chi connectivity index (χ2v) is 14.0. The fourth-order valence-electron chi connectivity index (χ4n) is 4.45. The minimum absolute atomic E-state index is 0.0798. The number of piperidine rings is 1. The van der Waals surface area contributed by atoms with Crippen molar-refractivity contribution in [3.8, 4) is 11.5 Å². The normalized spacial score (nSPS) is 15.9. The summed E-state index contributed by atoms with van der Waals surface area (Å²) in [6.45, 7) is -0.152. The zero-order valence-corrected chi connectivity index (χ0v) is 22.7. The molecule has 3 rings (SSSR count). The number of alkyl halides is 5. The average molecular weight is 600 g/mol. The number of amides is 1. The highest BCUT2D eigenvalue weighted by Crippen LogP contribution is 2.39. The molecule has 0 aliphatic carbocycles. The molecule has 1 heterocycles. The summed E-state index contributed by atoms with van der Waals surface area (Å²) >= 11 is 0. The Bertz CT molecular complexity index is 1430. The van der Waals surface area contributed by atoms with Crippen molar-refractivity contribution in [3.63, 3.8) is 0 Å². The van der Waals surface area contributed by atoms with Gasteiger partial charge in [0.05, 0.1) is 9.64 Å². The van der Waals surface area contributed by atoms with Gasteiger partial charge in [-0.3, -0.25) is 4.79 Å². The molecule has 2 aromatic carbocycles. The van der Waals surface area contributed by atoms with Crippen LogP contribution < -0.4 is 9.47 Å². The Morgan fingerprint density at radius 1 is 1.00 bits per heavy atom. The number of ether oxygens (including phenoxy) is 2. The second-order valence-electron chi connectivity index (χ2n) is 9.51. The van der Waals surface area contributed by atoms with Crippen LogP contribution in [0.5, 0.6) is 11.5 Å². The molecular weight excluding hydrogens is 573 g/mol. The number of halogens is 5. The van der Waals surface area contributed by atoms with Gasteiger partial charge in [0.15, 0.2) is 19.7 Å². The third-order valence-electron chi connectivity index (χ3n) is 6.61. The van der Waals surface area contributed by atoms with E-state index in [1.807, 2.05) is 0 Å². The van der Waals surface area contributed by atoms with Crippen LogP contribution >= 0.6 is 0 Å². The smallest absolute Gasteiger partial charge is 0.433 e. The molecule has 1 aliphatic heterocycles. The van der Waals surface area contributed by atoms with E-state index in [1.54, 1.807) is 0 Å². The Hall–Kier alpha value is -2.94. The van der Waals surface area contributed by atoms with Crippen LogP contribution in [-0.2, 0) is 19.7 Å². The molecule has 0 spiro atoms. The minimum atomic E-state index is -4.99. The van der Waals surface area contributed by atoms with E-state index in [-0.39, 0.29) is 36.4 Å². The second kappa shape index (κ2) is 10.9. The average Bonchev–Trinajstić information content (AvgIpc) is 2.82. The molecule has 1 aliphatic rings. The number of nitrogens with zero attached hydrogens (tertiary/aromatic N) is 1. The molecule has 0 aromatic heterocycles. The SMILES string of the molecule is CC(C)(C1CCN(C(=O)c2ccc(OC(F)F)c(S(C)(=O)=O)c2)CC1)S(=O)(=O)c1cccc(OC(F)(F)F)c1. The molecule has 0 bridgehead atoms. The Balaban J connectivity index is 1.77. The maximum Gasteiger partial charge on any atom is 0.573 e. The highest BCUT2D eigenvalue weighted by Gasteiger charge is 2.44. The highest BCUT2D eigenvalue weighted by molar-refractivity contribution is 7.92. The predicted octanol–water partition coefficient (Wildman–Crippen LogP) is 4.69. The first-order valence-corrected chi connectivity index (χ1v) is 14.9. The number of rotatable bonds is 8. The molecule has 0 saturated carbocycles. The molecule has 1 saturated heterocycles. The van der Waals surface area contributed by atoms with Crippen molar-refractivity contribution in [1.82, 2.24) is 4.90 Å². The van der Waals surface area contributed by atoms with Crippen molar-refractivity contribution in [3.05, 3.63) is 48.0 Å². The van der Waals surface area contributed by atoms with Gasteiger partial charge in [-0.25, -0.2) is 16.8 Å². The van der Waals surface area contributed by atoms with Gasteiger partial charge in [-0.05, 0) is 69.0 Å². The summed E-state index contributed by atoms with van der Waals surface area (Å²) in [5.74, 6) is -2.33. The van der Waals surface area contributed by atoms with Gasteiger partial charge < -0.3 is 14.4 Å². The number of carbonyl (C=O) groups excluding carboxylic acids is 1. The van der Waals surface area contributed by atoms with Crippen LogP contribution in [0.4, 0.5) is 22.0 Å². The highest BCUT2D eigenvalue weighted by atomic mass is 32.2. The number of likely N-dealkylation sites (tertiary alicyclic amines) is 1. The van der Waals surface area contributed by atoms with Crippen molar-refractivity contribution in [2.45, 2.75) is 54.2 Å². The van der Waals surface area contributed by atoms with Gasteiger partial charge in [-0.2, -0.15) is 8.78 Å². The summed E-state index contributed by atoms with van der Waals surface area (Å²) in [4.78, 5) is 13.5. The first-order valence-electron chi connectivity index (χ1n) is 11.5. The molecule has 216 valence electrons. The van der Waals surface area contributed by atoms with E-state index in [1.165, 1.54) is 24.8 Å². The van der Waals surface area contributed by atoms with Crippen LogP contribution in [0, 0.1) is 5.92 Å². The van der Waals surface area contributed by atoms with Gasteiger partial charge in [-0.15, -0.1) is 13.2 Å². The van der Waals surface area contributed by atoms with Gasteiger partial charge >= 0.3 is 13.0 Å². The molecule has 0 radical (unpaired) electrons. The monoisotopic (exact) mass is 599 g/mol. The number of hydrogen-bond acceptors (Lipinski definition) is 7. The van der Waals surface area contributed by atoms with Gasteiger partial charge in [0.25, 0.3) is 5.91 Å². The van der Waals surface area contributed by atoms with Crippen molar-refractivity contribution in [2.24, 2.45) is 5.92 Å².